The van der Waals surface area contributed by atoms with Crippen molar-refractivity contribution in [2.45, 2.75) is 6.92 Å². The van der Waals surface area contributed by atoms with Crippen LogP contribution in [0, 0.1) is 6.92 Å². The van der Waals surface area contributed by atoms with Crippen LogP contribution >= 0.6 is 0 Å². The van der Waals surface area contributed by atoms with E-state index in [4.69, 9.17) is 9.47 Å². The van der Waals surface area contributed by atoms with Gasteiger partial charge in [0.05, 0.1) is 31.7 Å². The first-order valence-electron chi connectivity index (χ1n) is 7.76. The van der Waals surface area contributed by atoms with Crippen molar-refractivity contribution >= 4 is 11.6 Å². The molecular weight excluding hydrogens is 318 g/mol. The van der Waals surface area contributed by atoms with E-state index in [1.54, 1.807) is 37.4 Å². The summed E-state index contributed by atoms with van der Waals surface area (Å²) in [4.78, 5) is 12.5. The number of rotatable bonds is 5. The Morgan fingerprint density at radius 2 is 1.76 bits per heavy atom. The highest BCUT2D eigenvalue weighted by Gasteiger charge is 2.14. The summed E-state index contributed by atoms with van der Waals surface area (Å²) in [7, 11) is 3.14. The molecule has 3 aromatic rings. The molecule has 0 fully saturated rings. The first kappa shape index (κ1) is 16.6. The zero-order valence-electron chi connectivity index (χ0n) is 14.3. The third-order valence-electron chi connectivity index (χ3n) is 3.84. The van der Waals surface area contributed by atoms with Gasteiger partial charge in [-0.05, 0) is 30.7 Å². The third kappa shape index (κ3) is 3.47. The van der Waals surface area contributed by atoms with Gasteiger partial charge < -0.3 is 14.8 Å². The molecule has 25 heavy (non-hydrogen) atoms. The lowest BCUT2D eigenvalue weighted by Gasteiger charge is -2.13. The molecule has 1 amide bonds. The number of carbonyl (C=O) groups is 1. The van der Waals surface area contributed by atoms with Crippen LogP contribution in [-0.4, -0.2) is 29.9 Å². The fourth-order valence-electron chi connectivity index (χ4n) is 2.47. The van der Waals surface area contributed by atoms with Crippen molar-refractivity contribution in [1.82, 2.24) is 9.78 Å². The Labute approximate surface area is 146 Å². The summed E-state index contributed by atoms with van der Waals surface area (Å²) >= 11 is 0. The van der Waals surface area contributed by atoms with Gasteiger partial charge in [0.25, 0.3) is 5.91 Å². The molecule has 0 bridgehead atoms. The van der Waals surface area contributed by atoms with Gasteiger partial charge in [-0.1, -0.05) is 18.2 Å². The summed E-state index contributed by atoms with van der Waals surface area (Å²) in [5, 5.41) is 7.13. The summed E-state index contributed by atoms with van der Waals surface area (Å²) in [5.74, 6) is 0.941. The highest BCUT2D eigenvalue weighted by molar-refractivity contribution is 6.04. The number of methoxy groups -OCH3 is 2. The van der Waals surface area contributed by atoms with Crippen LogP contribution in [0.15, 0.2) is 54.9 Å². The number of ether oxygens (including phenoxy) is 2. The molecule has 0 spiro atoms. The second-order valence-corrected chi connectivity index (χ2v) is 5.49. The molecule has 0 saturated carbocycles. The van der Waals surface area contributed by atoms with Crippen molar-refractivity contribution < 1.29 is 14.3 Å². The van der Waals surface area contributed by atoms with Crippen LogP contribution in [-0.2, 0) is 0 Å². The minimum Gasteiger partial charge on any atom is -0.493 e. The topological polar surface area (TPSA) is 65.4 Å². The number of amides is 1. The minimum absolute atomic E-state index is 0.238. The average molecular weight is 337 g/mol. The predicted octanol–water partition coefficient (Wildman–Crippen LogP) is 3.45. The van der Waals surface area contributed by atoms with E-state index in [-0.39, 0.29) is 5.91 Å². The number of benzene rings is 2. The Balaban J connectivity index is 1.82. The molecule has 1 N–H and O–H groups in total. The standard InChI is InChI=1S/C19H19N3O3/c1-13-9-17(24-2)18(25-3)10-16(13)21-19(23)14-11-20-22(12-14)15-7-5-4-6-8-15/h4-12H,1-3H3,(H,21,23). The van der Waals surface area contributed by atoms with Crippen molar-refractivity contribution in [2.24, 2.45) is 0 Å². The lowest BCUT2D eigenvalue weighted by molar-refractivity contribution is 0.102. The summed E-state index contributed by atoms with van der Waals surface area (Å²) in [6.45, 7) is 1.89. The maximum atomic E-state index is 12.5. The number of nitrogens with zero attached hydrogens (tertiary/aromatic N) is 2. The molecule has 1 aromatic heterocycles. The smallest absolute Gasteiger partial charge is 0.258 e. The highest BCUT2D eigenvalue weighted by atomic mass is 16.5. The van der Waals surface area contributed by atoms with E-state index < -0.39 is 0 Å². The molecule has 0 radical (unpaired) electrons. The number of carbonyl (C=O) groups excluding carboxylic acids is 1. The van der Waals surface area contributed by atoms with Gasteiger partial charge >= 0.3 is 0 Å². The molecule has 3 rings (SSSR count). The Bertz CT molecular complexity index is 888. The van der Waals surface area contributed by atoms with E-state index in [1.165, 1.54) is 0 Å². The molecule has 128 valence electrons. The zero-order valence-corrected chi connectivity index (χ0v) is 14.3. The number of aryl methyl sites for hydroxylation is 1. The molecule has 2 aromatic carbocycles. The van der Waals surface area contributed by atoms with E-state index in [2.05, 4.69) is 10.4 Å². The maximum Gasteiger partial charge on any atom is 0.258 e. The zero-order chi connectivity index (χ0) is 17.8. The summed E-state index contributed by atoms with van der Waals surface area (Å²) < 4.78 is 12.2. The van der Waals surface area contributed by atoms with Gasteiger partial charge in [-0.15, -0.1) is 0 Å². The van der Waals surface area contributed by atoms with Gasteiger partial charge in [-0.2, -0.15) is 5.10 Å². The van der Waals surface area contributed by atoms with Gasteiger partial charge in [-0.3, -0.25) is 4.79 Å². The van der Waals surface area contributed by atoms with Gasteiger partial charge in [0.1, 0.15) is 0 Å². The molecule has 0 aliphatic carbocycles. The number of hydrogen-bond donors (Lipinski definition) is 1. The molecule has 0 aliphatic heterocycles. The molecule has 0 aliphatic rings. The van der Waals surface area contributed by atoms with Crippen LogP contribution in [0.3, 0.4) is 0 Å². The minimum atomic E-state index is -0.238. The second-order valence-electron chi connectivity index (χ2n) is 5.49. The number of para-hydroxylation sites is 1. The van der Waals surface area contributed by atoms with Crippen LogP contribution in [0.1, 0.15) is 15.9 Å². The maximum absolute atomic E-state index is 12.5. The SMILES string of the molecule is COc1cc(C)c(NC(=O)c2cnn(-c3ccccc3)c2)cc1OC. The van der Waals surface area contributed by atoms with Crippen LogP contribution < -0.4 is 14.8 Å². The van der Waals surface area contributed by atoms with E-state index >= 15 is 0 Å². The highest BCUT2D eigenvalue weighted by Crippen LogP contribution is 2.33. The van der Waals surface area contributed by atoms with E-state index in [9.17, 15) is 4.79 Å². The van der Waals surface area contributed by atoms with E-state index in [0.29, 0.717) is 22.7 Å². The third-order valence-corrected chi connectivity index (χ3v) is 3.84. The Morgan fingerprint density at radius 1 is 1.08 bits per heavy atom. The summed E-state index contributed by atoms with van der Waals surface area (Å²) in [5.41, 5.74) is 2.90. The molecule has 0 unspecified atom stereocenters. The molecule has 0 atom stereocenters. The van der Waals surface area contributed by atoms with Crippen LogP contribution in [0.25, 0.3) is 5.69 Å². The normalized spacial score (nSPS) is 10.4. The fourth-order valence-corrected chi connectivity index (χ4v) is 2.47. The van der Waals surface area contributed by atoms with Gasteiger partial charge in [0, 0.05) is 18.0 Å². The lowest BCUT2D eigenvalue weighted by atomic mass is 10.1. The fraction of sp³-hybridized carbons (Fsp3) is 0.158. The van der Waals surface area contributed by atoms with Crippen molar-refractivity contribution in [3.05, 3.63) is 66.0 Å². The largest absolute Gasteiger partial charge is 0.493 e. The number of aromatic nitrogens is 2. The quantitative estimate of drug-likeness (QED) is 0.774. The first-order chi connectivity index (χ1) is 12.1. The Kier molecular flexibility index (Phi) is 4.70. The van der Waals surface area contributed by atoms with Crippen LogP contribution in [0.5, 0.6) is 11.5 Å². The first-order valence-corrected chi connectivity index (χ1v) is 7.76. The average Bonchev–Trinajstić information content (AvgIpc) is 3.14. The monoisotopic (exact) mass is 337 g/mol. The van der Waals surface area contributed by atoms with Crippen molar-refractivity contribution in [3.63, 3.8) is 0 Å². The van der Waals surface area contributed by atoms with E-state index in [1.807, 2.05) is 43.3 Å². The van der Waals surface area contributed by atoms with Gasteiger partial charge in [-0.25, -0.2) is 4.68 Å². The van der Waals surface area contributed by atoms with Gasteiger partial charge in [0.2, 0.25) is 0 Å². The molecule has 6 nitrogen and oxygen atoms in total. The Hall–Kier alpha value is -3.28. The summed E-state index contributed by atoms with van der Waals surface area (Å²) in [6.07, 6.45) is 3.24. The summed E-state index contributed by atoms with van der Waals surface area (Å²) in [6, 6.07) is 13.2. The van der Waals surface area contributed by atoms with Crippen molar-refractivity contribution in [3.8, 4) is 17.2 Å². The van der Waals surface area contributed by atoms with Crippen LogP contribution in [0.2, 0.25) is 0 Å². The predicted molar refractivity (Wildman–Crippen MR) is 95.8 cm³/mol. The van der Waals surface area contributed by atoms with Crippen LogP contribution in [0.4, 0.5) is 5.69 Å². The lowest BCUT2D eigenvalue weighted by Crippen LogP contribution is -2.12. The Morgan fingerprint density at radius 3 is 2.44 bits per heavy atom. The molecule has 1 heterocycles. The number of anilines is 1. The van der Waals surface area contributed by atoms with Crippen molar-refractivity contribution in [1.29, 1.82) is 0 Å². The number of hydrogen-bond acceptors (Lipinski definition) is 4. The van der Waals surface area contributed by atoms with Crippen molar-refractivity contribution in [2.75, 3.05) is 19.5 Å². The second kappa shape index (κ2) is 7.09. The molecule has 0 saturated heterocycles. The van der Waals surface area contributed by atoms with E-state index in [0.717, 1.165) is 11.3 Å². The van der Waals surface area contributed by atoms with Gasteiger partial charge in [0.15, 0.2) is 11.5 Å². The molecule has 6 heteroatoms. The number of nitrogens with one attached hydrogen (secondary N) is 1. The molecular formula is C19H19N3O3.